The predicted octanol–water partition coefficient (Wildman–Crippen LogP) is 4.48. The Morgan fingerprint density at radius 1 is 0.630 bits per heavy atom. The Hall–Kier alpha value is -3.07. The van der Waals surface area contributed by atoms with Gasteiger partial charge in [0.2, 0.25) is 29.1 Å². The van der Waals surface area contributed by atoms with Crippen molar-refractivity contribution in [1.29, 1.82) is 0 Å². The predicted molar refractivity (Wildman–Crippen MR) is 87.3 cm³/mol. The van der Waals surface area contributed by atoms with Crippen LogP contribution < -0.4 is 9.31 Å². The van der Waals surface area contributed by atoms with Gasteiger partial charge in [0.25, 0.3) is 0 Å². The van der Waals surface area contributed by atoms with Crippen molar-refractivity contribution < 1.29 is 36.3 Å². The van der Waals surface area contributed by atoms with E-state index in [1.54, 1.807) is 48.5 Å². The van der Waals surface area contributed by atoms with E-state index in [-0.39, 0.29) is 5.75 Å². The minimum absolute atomic E-state index is 0.0695. The van der Waals surface area contributed by atoms with Gasteiger partial charge < -0.3 is 14.3 Å². The van der Waals surface area contributed by atoms with Crippen LogP contribution in [0, 0.1) is 29.1 Å². The van der Waals surface area contributed by atoms with E-state index >= 15 is 0 Å². The Labute approximate surface area is 150 Å². The van der Waals surface area contributed by atoms with Crippen molar-refractivity contribution in [2.45, 2.75) is 0 Å². The second-order valence-corrected chi connectivity index (χ2v) is 5.30. The van der Waals surface area contributed by atoms with Crippen molar-refractivity contribution in [3.63, 3.8) is 0 Å². The Balaban J connectivity index is 1.88. The molecule has 0 amide bonds. The quantitative estimate of drug-likeness (QED) is 0.307. The summed E-state index contributed by atoms with van der Waals surface area (Å²) >= 11 is 0. The number of hydrogen-bond donors (Lipinski definition) is 1. The molecule has 0 radical (unpaired) electrons. The van der Waals surface area contributed by atoms with E-state index < -0.39 is 42.2 Å². The third-order valence-electron chi connectivity index (χ3n) is 3.59. The fraction of sp³-hybridized carbons (Fsp3) is 0. The van der Waals surface area contributed by atoms with Crippen LogP contribution in [0.3, 0.4) is 0 Å². The molecule has 3 nitrogen and oxygen atoms in total. The second kappa shape index (κ2) is 7.67. The molecule has 1 N–H and O–H groups in total. The molecule has 3 aromatic rings. The first kappa shape index (κ1) is 18.7. The molecule has 0 spiro atoms. The number of para-hydroxylation sites is 1. The minimum Gasteiger partial charge on any atom is -0.500 e. The molecule has 27 heavy (non-hydrogen) atoms. The average Bonchev–Trinajstić information content (AvgIpc) is 2.69. The molecule has 0 fully saturated rings. The van der Waals surface area contributed by atoms with Crippen LogP contribution in [0.15, 0.2) is 54.6 Å². The van der Waals surface area contributed by atoms with Crippen molar-refractivity contribution in [3.8, 4) is 22.6 Å². The SMILES string of the molecule is OB(Oc1ccccc1-c1ccccc1)Oc1c(F)c(F)c(F)c(F)c1F. The van der Waals surface area contributed by atoms with Crippen molar-refractivity contribution in [3.05, 3.63) is 83.7 Å². The van der Waals surface area contributed by atoms with E-state index in [0.717, 1.165) is 0 Å². The molecular weight excluding hydrogens is 370 g/mol. The zero-order valence-electron chi connectivity index (χ0n) is 13.4. The van der Waals surface area contributed by atoms with E-state index in [2.05, 4.69) is 4.65 Å². The first-order chi connectivity index (χ1) is 12.9. The molecule has 0 aliphatic rings. The van der Waals surface area contributed by atoms with Gasteiger partial charge in [0, 0.05) is 5.56 Å². The summed E-state index contributed by atoms with van der Waals surface area (Å²) in [6.07, 6.45) is 0. The zero-order valence-corrected chi connectivity index (χ0v) is 13.4. The standard InChI is InChI=1S/C18H10BF5O3/c20-13-14(21)16(23)18(17(24)15(13)22)27-19(25)26-12-9-5-4-8-11(12)10-6-2-1-3-7-10/h1-9,25H. The highest BCUT2D eigenvalue weighted by atomic mass is 19.2. The Bertz CT molecular complexity index is 940. The highest BCUT2D eigenvalue weighted by Gasteiger charge is 2.32. The summed E-state index contributed by atoms with van der Waals surface area (Å²) in [5.41, 5.74) is 1.22. The van der Waals surface area contributed by atoms with Crippen LogP contribution in [-0.4, -0.2) is 12.3 Å². The van der Waals surface area contributed by atoms with Crippen LogP contribution in [0.25, 0.3) is 11.1 Å². The van der Waals surface area contributed by atoms with Gasteiger partial charge in [-0.2, -0.15) is 8.78 Å². The van der Waals surface area contributed by atoms with E-state index in [1.807, 2.05) is 0 Å². The largest absolute Gasteiger partial charge is 0.785 e. The topological polar surface area (TPSA) is 38.7 Å². The zero-order chi connectivity index (χ0) is 19.6. The average molecular weight is 380 g/mol. The molecule has 0 heterocycles. The van der Waals surface area contributed by atoms with Gasteiger partial charge in [0.1, 0.15) is 5.75 Å². The van der Waals surface area contributed by atoms with Crippen LogP contribution >= 0.6 is 0 Å². The Morgan fingerprint density at radius 2 is 1.15 bits per heavy atom. The summed E-state index contributed by atoms with van der Waals surface area (Å²) in [5.74, 6) is -12.7. The monoisotopic (exact) mass is 380 g/mol. The van der Waals surface area contributed by atoms with Crippen molar-refractivity contribution in [2.24, 2.45) is 0 Å². The molecule has 0 aromatic heterocycles. The highest BCUT2D eigenvalue weighted by Crippen LogP contribution is 2.32. The fourth-order valence-corrected chi connectivity index (χ4v) is 2.35. The minimum atomic E-state index is -2.33. The summed E-state index contributed by atoms with van der Waals surface area (Å²) in [4.78, 5) is 0. The molecule has 0 atom stereocenters. The van der Waals surface area contributed by atoms with Gasteiger partial charge in [0.05, 0.1) is 0 Å². The van der Waals surface area contributed by atoms with Crippen LogP contribution in [-0.2, 0) is 0 Å². The number of benzene rings is 3. The lowest BCUT2D eigenvalue weighted by atomic mass is 10.0. The summed E-state index contributed by atoms with van der Waals surface area (Å²) in [6, 6.07) is 15.1. The third kappa shape index (κ3) is 3.73. The van der Waals surface area contributed by atoms with Gasteiger partial charge in [-0.05, 0) is 11.6 Å². The van der Waals surface area contributed by atoms with Crippen molar-refractivity contribution in [2.75, 3.05) is 0 Å². The Kier molecular flexibility index (Phi) is 5.32. The van der Waals surface area contributed by atoms with Crippen LogP contribution in [0.4, 0.5) is 22.0 Å². The van der Waals surface area contributed by atoms with Crippen LogP contribution in [0.5, 0.6) is 11.5 Å². The van der Waals surface area contributed by atoms with Gasteiger partial charge in [0.15, 0.2) is 5.75 Å². The van der Waals surface area contributed by atoms with Crippen LogP contribution in [0.2, 0.25) is 0 Å². The van der Waals surface area contributed by atoms with E-state index in [4.69, 9.17) is 4.65 Å². The van der Waals surface area contributed by atoms with E-state index in [1.165, 1.54) is 6.07 Å². The maximum absolute atomic E-state index is 13.6. The normalized spacial score (nSPS) is 10.6. The first-order valence-electron chi connectivity index (χ1n) is 7.57. The lowest BCUT2D eigenvalue weighted by Gasteiger charge is -2.15. The maximum Gasteiger partial charge on any atom is 0.785 e. The van der Waals surface area contributed by atoms with Crippen LogP contribution in [0.1, 0.15) is 0 Å². The summed E-state index contributed by atoms with van der Waals surface area (Å²) in [5, 5.41) is 9.81. The third-order valence-corrected chi connectivity index (χ3v) is 3.59. The van der Waals surface area contributed by atoms with E-state index in [0.29, 0.717) is 11.1 Å². The molecule has 0 unspecified atom stereocenters. The summed E-state index contributed by atoms with van der Waals surface area (Å²) < 4.78 is 76.2. The maximum atomic E-state index is 13.6. The molecule has 0 aliphatic heterocycles. The van der Waals surface area contributed by atoms with Crippen molar-refractivity contribution >= 4 is 7.32 Å². The van der Waals surface area contributed by atoms with Gasteiger partial charge in [-0.25, -0.2) is 13.2 Å². The van der Waals surface area contributed by atoms with Gasteiger partial charge >= 0.3 is 7.32 Å². The van der Waals surface area contributed by atoms with E-state index in [9.17, 15) is 27.0 Å². The first-order valence-corrected chi connectivity index (χ1v) is 7.57. The number of rotatable bonds is 5. The molecule has 3 rings (SSSR count). The second-order valence-electron chi connectivity index (χ2n) is 5.30. The Morgan fingerprint density at radius 3 is 1.78 bits per heavy atom. The smallest absolute Gasteiger partial charge is 0.500 e. The molecule has 9 heteroatoms. The molecule has 0 bridgehead atoms. The highest BCUT2D eigenvalue weighted by molar-refractivity contribution is 6.37. The van der Waals surface area contributed by atoms with Gasteiger partial charge in [-0.15, -0.1) is 0 Å². The van der Waals surface area contributed by atoms with Gasteiger partial charge in [-0.3, -0.25) is 0 Å². The van der Waals surface area contributed by atoms with Crippen molar-refractivity contribution in [1.82, 2.24) is 0 Å². The summed E-state index contributed by atoms with van der Waals surface area (Å²) in [6.45, 7) is 0. The fourth-order valence-electron chi connectivity index (χ4n) is 2.35. The molecule has 0 saturated carbocycles. The number of halogens is 5. The lowest BCUT2D eigenvalue weighted by Crippen LogP contribution is -2.31. The molecule has 138 valence electrons. The molecular formula is C18H10BF5O3. The molecule has 3 aromatic carbocycles. The molecule has 0 saturated heterocycles. The number of hydrogen-bond acceptors (Lipinski definition) is 3. The lowest BCUT2D eigenvalue weighted by molar-refractivity contribution is 0.271. The summed E-state index contributed by atoms with van der Waals surface area (Å²) in [7, 11) is -2.33. The molecule has 0 aliphatic carbocycles. The van der Waals surface area contributed by atoms with Gasteiger partial charge in [-0.1, -0.05) is 48.5 Å².